The topological polar surface area (TPSA) is 41.0 Å². The average molecular weight is 302 g/mol. The summed E-state index contributed by atoms with van der Waals surface area (Å²) in [7, 11) is 4.20. The first kappa shape index (κ1) is 14.5. The summed E-state index contributed by atoms with van der Waals surface area (Å²) in [6.07, 6.45) is 4.57. The van der Waals surface area contributed by atoms with Crippen molar-refractivity contribution in [2.75, 3.05) is 32.5 Å². The van der Waals surface area contributed by atoms with Crippen molar-refractivity contribution in [2.24, 2.45) is 0 Å². The van der Waals surface area contributed by atoms with Crippen LogP contribution in [0, 0.1) is 0 Å². The summed E-state index contributed by atoms with van der Waals surface area (Å²) >= 11 is 1.84. The van der Waals surface area contributed by atoms with Crippen LogP contribution in [0.15, 0.2) is 17.5 Å². The van der Waals surface area contributed by atoms with Gasteiger partial charge in [0.25, 0.3) is 0 Å². The van der Waals surface area contributed by atoms with Crippen LogP contribution in [0.1, 0.15) is 23.3 Å². The van der Waals surface area contributed by atoms with E-state index in [0.717, 1.165) is 43.9 Å². The smallest absolute Gasteiger partial charge is 0.148 e. The Labute approximate surface area is 130 Å². The third-order valence-corrected chi connectivity index (χ3v) is 4.79. The third-order valence-electron chi connectivity index (χ3n) is 3.81. The Morgan fingerprint density at radius 2 is 2.19 bits per heavy atom. The van der Waals surface area contributed by atoms with Gasteiger partial charge in [-0.3, -0.25) is 0 Å². The highest BCUT2D eigenvalue weighted by molar-refractivity contribution is 7.10. The van der Waals surface area contributed by atoms with E-state index in [0.29, 0.717) is 0 Å². The van der Waals surface area contributed by atoms with Crippen molar-refractivity contribution in [1.82, 2.24) is 15.1 Å². The molecule has 2 aromatic rings. The predicted octanol–water partition coefficient (Wildman–Crippen LogP) is 3.06. The van der Waals surface area contributed by atoms with Gasteiger partial charge in [-0.2, -0.15) is 0 Å². The van der Waals surface area contributed by atoms with Crippen molar-refractivity contribution < 1.29 is 0 Å². The highest BCUT2D eigenvalue weighted by Gasteiger charge is 2.17. The van der Waals surface area contributed by atoms with Gasteiger partial charge in [0.15, 0.2) is 0 Å². The molecule has 0 fully saturated rings. The molecule has 3 rings (SSSR count). The second kappa shape index (κ2) is 6.54. The summed E-state index contributed by atoms with van der Waals surface area (Å²) in [6.45, 7) is 2.03. The van der Waals surface area contributed by atoms with Crippen molar-refractivity contribution >= 4 is 17.2 Å². The van der Waals surface area contributed by atoms with Gasteiger partial charge in [0.05, 0.1) is 5.69 Å². The van der Waals surface area contributed by atoms with E-state index in [-0.39, 0.29) is 0 Å². The Morgan fingerprint density at radius 1 is 1.29 bits per heavy atom. The molecule has 0 bridgehead atoms. The van der Waals surface area contributed by atoms with E-state index in [1.54, 1.807) is 0 Å². The molecule has 0 radical (unpaired) electrons. The van der Waals surface area contributed by atoms with Crippen LogP contribution in [-0.2, 0) is 12.8 Å². The maximum atomic E-state index is 4.49. The van der Waals surface area contributed by atoms with E-state index in [4.69, 9.17) is 0 Å². The van der Waals surface area contributed by atoms with Gasteiger partial charge in [-0.15, -0.1) is 21.5 Å². The standard InChI is InChI=1S/C16H22N4S/c1-20(2)9-4-8-17-15-11-12-5-3-6-14-13(7-10-21-14)16(12)19-18-15/h7,10-11H,3-6,8-9H2,1-2H3,(H,17,18). The Kier molecular flexibility index (Phi) is 4.51. The second-order valence-electron chi connectivity index (χ2n) is 5.80. The second-order valence-corrected chi connectivity index (χ2v) is 6.80. The van der Waals surface area contributed by atoms with Crippen LogP contribution in [-0.4, -0.2) is 42.3 Å². The van der Waals surface area contributed by atoms with E-state index >= 15 is 0 Å². The fourth-order valence-electron chi connectivity index (χ4n) is 2.73. The highest BCUT2D eigenvalue weighted by atomic mass is 32.1. The summed E-state index contributed by atoms with van der Waals surface area (Å²) in [6, 6.07) is 4.37. The molecule has 5 heteroatoms. The zero-order chi connectivity index (χ0) is 14.7. The molecule has 0 aromatic carbocycles. The number of thiophene rings is 1. The van der Waals surface area contributed by atoms with Crippen LogP contribution >= 0.6 is 11.3 Å². The summed E-state index contributed by atoms with van der Waals surface area (Å²) in [5.41, 5.74) is 3.71. The molecule has 0 amide bonds. The molecule has 2 aromatic heterocycles. The predicted molar refractivity (Wildman–Crippen MR) is 89.0 cm³/mol. The van der Waals surface area contributed by atoms with Crippen LogP contribution in [0.5, 0.6) is 0 Å². The van der Waals surface area contributed by atoms with Gasteiger partial charge in [-0.1, -0.05) is 0 Å². The lowest BCUT2D eigenvalue weighted by molar-refractivity contribution is 0.405. The van der Waals surface area contributed by atoms with Crippen molar-refractivity contribution in [1.29, 1.82) is 0 Å². The summed E-state index contributed by atoms with van der Waals surface area (Å²) < 4.78 is 0. The van der Waals surface area contributed by atoms with E-state index in [1.165, 1.54) is 22.4 Å². The lowest BCUT2D eigenvalue weighted by Gasteiger charge is -2.11. The summed E-state index contributed by atoms with van der Waals surface area (Å²) in [5, 5.41) is 14.4. The number of aromatic nitrogens is 2. The average Bonchev–Trinajstić information content (AvgIpc) is 2.85. The number of nitrogens with one attached hydrogen (secondary N) is 1. The molecule has 1 N–H and O–H groups in total. The van der Waals surface area contributed by atoms with E-state index < -0.39 is 0 Å². The molecule has 1 aliphatic rings. The molecule has 0 unspecified atom stereocenters. The maximum absolute atomic E-state index is 4.49. The lowest BCUT2D eigenvalue weighted by atomic mass is 10.1. The van der Waals surface area contributed by atoms with Crippen LogP contribution < -0.4 is 5.32 Å². The molecule has 0 saturated heterocycles. The van der Waals surface area contributed by atoms with E-state index in [1.807, 2.05) is 11.3 Å². The highest BCUT2D eigenvalue weighted by Crippen LogP contribution is 2.34. The van der Waals surface area contributed by atoms with Gasteiger partial charge in [0, 0.05) is 17.0 Å². The van der Waals surface area contributed by atoms with Gasteiger partial charge in [-0.25, -0.2) is 0 Å². The summed E-state index contributed by atoms with van der Waals surface area (Å²) in [4.78, 5) is 3.65. The van der Waals surface area contributed by atoms with E-state index in [9.17, 15) is 0 Å². The molecular weight excluding hydrogens is 280 g/mol. The molecule has 0 atom stereocenters. The third kappa shape index (κ3) is 3.41. The number of hydrogen-bond acceptors (Lipinski definition) is 5. The van der Waals surface area contributed by atoms with Crippen LogP contribution in [0.2, 0.25) is 0 Å². The molecule has 2 heterocycles. The number of anilines is 1. The maximum Gasteiger partial charge on any atom is 0.148 e. The zero-order valence-corrected chi connectivity index (χ0v) is 13.5. The van der Waals surface area contributed by atoms with Crippen molar-refractivity contribution in [3.63, 3.8) is 0 Å². The molecule has 21 heavy (non-hydrogen) atoms. The molecule has 0 saturated carbocycles. The first-order chi connectivity index (χ1) is 10.2. The number of nitrogens with zero attached hydrogens (tertiary/aromatic N) is 3. The fraction of sp³-hybridized carbons (Fsp3) is 0.500. The van der Waals surface area contributed by atoms with Gasteiger partial charge in [-0.05, 0) is 69.4 Å². The monoisotopic (exact) mass is 302 g/mol. The minimum absolute atomic E-state index is 0.909. The molecule has 112 valence electrons. The Morgan fingerprint density at radius 3 is 3.05 bits per heavy atom. The number of hydrogen-bond donors (Lipinski definition) is 1. The number of aryl methyl sites for hydroxylation is 2. The lowest BCUT2D eigenvalue weighted by Crippen LogP contribution is -2.16. The number of rotatable bonds is 5. The van der Waals surface area contributed by atoms with E-state index in [2.05, 4.69) is 52.0 Å². The molecule has 0 spiro atoms. The van der Waals surface area contributed by atoms with Crippen LogP contribution in [0.4, 0.5) is 5.82 Å². The quantitative estimate of drug-likeness (QED) is 0.862. The van der Waals surface area contributed by atoms with Crippen molar-refractivity contribution in [3.05, 3.63) is 28.0 Å². The van der Waals surface area contributed by atoms with Crippen LogP contribution in [0.3, 0.4) is 0 Å². The van der Waals surface area contributed by atoms with Gasteiger partial charge in [0.1, 0.15) is 5.82 Å². The Bertz CT molecular complexity index is 606. The molecule has 4 nitrogen and oxygen atoms in total. The van der Waals surface area contributed by atoms with Crippen LogP contribution in [0.25, 0.3) is 11.3 Å². The SMILES string of the molecule is CN(C)CCCNc1cc2c(nn1)-c1ccsc1CCC2. The minimum atomic E-state index is 0.909. The normalized spacial score (nSPS) is 13.7. The zero-order valence-electron chi connectivity index (χ0n) is 12.7. The van der Waals surface area contributed by atoms with Gasteiger partial charge >= 0.3 is 0 Å². The van der Waals surface area contributed by atoms with Gasteiger partial charge in [0.2, 0.25) is 0 Å². The van der Waals surface area contributed by atoms with Crippen molar-refractivity contribution in [3.8, 4) is 11.3 Å². The molecule has 1 aliphatic carbocycles. The summed E-state index contributed by atoms with van der Waals surface area (Å²) in [5.74, 6) is 0.909. The fourth-order valence-corrected chi connectivity index (χ4v) is 3.65. The first-order valence-corrected chi connectivity index (χ1v) is 8.44. The largest absolute Gasteiger partial charge is 0.369 e. The molecular formula is C16H22N4S. The number of fused-ring (bicyclic) bond motifs is 3. The Hall–Kier alpha value is -1.46. The minimum Gasteiger partial charge on any atom is -0.369 e. The first-order valence-electron chi connectivity index (χ1n) is 7.56. The Balaban J connectivity index is 1.72. The molecule has 0 aliphatic heterocycles. The van der Waals surface area contributed by atoms with Crippen molar-refractivity contribution in [2.45, 2.75) is 25.7 Å². The van der Waals surface area contributed by atoms with Gasteiger partial charge < -0.3 is 10.2 Å².